The third-order valence-corrected chi connectivity index (χ3v) is 3.65. The van der Waals surface area contributed by atoms with Gasteiger partial charge in [0.25, 0.3) is 0 Å². The first-order valence-corrected chi connectivity index (χ1v) is 6.61. The number of benzene rings is 1. The quantitative estimate of drug-likeness (QED) is 0.653. The largest absolute Gasteiger partial charge is 0.399 e. The van der Waals surface area contributed by atoms with Crippen LogP contribution in [-0.4, -0.2) is 25.9 Å². The zero-order chi connectivity index (χ0) is 13.8. The zero-order valence-corrected chi connectivity index (χ0v) is 11.5. The number of amides is 1. The molecular weight excluding hydrogens is 262 g/mol. The summed E-state index contributed by atoms with van der Waals surface area (Å²) >= 11 is 1.36. The SMILES string of the molecule is CC(Sc1nncn1C)C(=O)Nc1ccc(N)cc1. The van der Waals surface area contributed by atoms with Crippen molar-refractivity contribution >= 4 is 29.0 Å². The van der Waals surface area contributed by atoms with E-state index in [1.807, 2.05) is 14.0 Å². The lowest BCUT2D eigenvalue weighted by Gasteiger charge is -2.11. The van der Waals surface area contributed by atoms with E-state index >= 15 is 0 Å². The minimum atomic E-state index is -0.263. The summed E-state index contributed by atoms with van der Waals surface area (Å²) in [6.07, 6.45) is 1.60. The summed E-state index contributed by atoms with van der Waals surface area (Å²) < 4.78 is 1.78. The number of rotatable bonds is 4. The van der Waals surface area contributed by atoms with E-state index in [1.165, 1.54) is 11.8 Å². The van der Waals surface area contributed by atoms with E-state index in [0.717, 1.165) is 5.69 Å². The van der Waals surface area contributed by atoms with E-state index in [0.29, 0.717) is 10.8 Å². The van der Waals surface area contributed by atoms with Gasteiger partial charge in [-0.25, -0.2) is 0 Å². The topological polar surface area (TPSA) is 85.8 Å². The fourth-order valence-electron chi connectivity index (χ4n) is 1.40. The molecule has 0 saturated carbocycles. The first-order valence-electron chi connectivity index (χ1n) is 5.73. The van der Waals surface area contributed by atoms with Crippen molar-refractivity contribution in [1.29, 1.82) is 0 Å². The van der Waals surface area contributed by atoms with Crippen molar-refractivity contribution in [1.82, 2.24) is 14.8 Å². The van der Waals surface area contributed by atoms with E-state index in [2.05, 4.69) is 15.5 Å². The normalized spacial score (nSPS) is 12.1. The van der Waals surface area contributed by atoms with Crippen LogP contribution < -0.4 is 11.1 Å². The Hall–Kier alpha value is -2.02. The number of nitrogens with one attached hydrogen (secondary N) is 1. The molecule has 0 fully saturated rings. The van der Waals surface area contributed by atoms with Gasteiger partial charge >= 0.3 is 0 Å². The molecule has 6 nitrogen and oxygen atoms in total. The molecule has 7 heteroatoms. The Kier molecular flexibility index (Phi) is 4.06. The fourth-order valence-corrected chi connectivity index (χ4v) is 2.19. The molecule has 3 N–H and O–H groups in total. The molecule has 0 aliphatic heterocycles. The molecule has 19 heavy (non-hydrogen) atoms. The molecule has 0 bridgehead atoms. The molecule has 1 heterocycles. The predicted octanol–water partition coefficient (Wildman–Crippen LogP) is 1.52. The molecule has 1 aromatic carbocycles. The third kappa shape index (κ3) is 3.47. The third-order valence-electron chi connectivity index (χ3n) is 2.50. The summed E-state index contributed by atoms with van der Waals surface area (Å²) in [4.78, 5) is 12.0. The average molecular weight is 277 g/mol. The summed E-state index contributed by atoms with van der Waals surface area (Å²) in [6.45, 7) is 1.83. The van der Waals surface area contributed by atoms with Crippen LogP contribution >= 0.6 is 11.8 Å². The van der Waals surface area contributed by atoms with Crippen LogP contribution in [0.15, 0.2) is 35.7 Å². The Morgan fingerprint density at radius 1 is 1.42 bits per heavy atom. The molecule has 0 aliphatic rings. The molecular formula is C12H15N5OS. The number of hydrogen-bond donors (Lipinski definition) is 2. The van der Waals surface area contributed by atoms with Crippen LogP contribution in [0.2, 0.25) is 0 Å². The number of nitrogens with two attached hydrogens (primary N) is 1. The van der Waals surface area contributed by atoms with Crippen molar-refractivity contribution in [2.75, 3.05) is 11.1 Å². The molecule has 1 unspecified atom stereocenters. The molecule has 0 aliphatic carbocycles. The van der Waals surface area contributed by atoms with Crippen molar-refractivity contribution in [3.8, 4) is 0 Å². The van der Waals surface area contributed by atoms with Crippen LogP contribution in [0.4, 0.5) is 11.4 Å². The second kappa shape index (κ2) is 5.75. The van der Waals surface area contributed by atoms with Crippen molar-refractivity contribution in [3.63, 3.8) is 0 Å². The molecule has 2 rings (SSSR count). The molecule has 100 valence electrons. The minimum absolute atomic E-state index is 0.0854. The van der Waals surface area contributed by atoms with E-state index in [-0.39, 0.29) is 11.2 Å². The van der Waals surface area contributed by atoms with E-state index < -0.39 is 0 Å². The maximum Gasteiger partial charge on any atom is 0.237 e. The second-order valence-electron chi connectivity index (χ2n) is 4.10. The highest BCUT2D eigenvalue weighted by Crippen LogP contribution is 2.21. The van der Waals surface area contributed by atoms with Gasteiger partial charge in [-0.05, 0) is 31.2 Å². The molecule has 0 spiro atoms. The Labute approximate surface area is 115 Å². The van der Waals surface area contributed by atoms with E-state index in [9.17, 15) is 4.79 Å². The van der Waals surface area contributed by atoms with Gasteiger partial charge in [0.1, 0.15) is 6.33 Å². The standard InChI is InChI=1S/C12H15N5OS/c1-8(19-12-16-14-7-17(12)2)11(18)15-10-5-3-9(13)4-6-10/h3-8H,13H2,1-2H3,(H,15,18). The maximum atomic E-state index is 12.0. The minimum Gasteiger partial charge on any atom is -0.399 e. The van der Waals surface area contributed by atoms with Crippen LogP contribution in [0.25, 0.3) is 0 Å². The number of carbonyl (C=O) groups excluding carboxylic acids is 1. The first-order chi connectivity index (χ1) is 9.06. The number of carbonyl (C=O) groups is 1. The van der Waals surface area contributed by atoms with Crippen molar-refractivity contribution in [3.05, 3.63) is 30.6 Å². The van der Waals surface area contributed by atoms with E-state index in [4.69, 9.17) is 5.73 Å². The summed E-state index contributed by atoms with van der Waals surface area (Å²) in [7, 11) is 1.84. The van der Waals surface area contributed by atoms with Crippen molar-refractivity contribution in [2.24, 2.45) is 7.05 Å². The highest BCUT2D eigenvalue weighted by atomic mass is 32.2. The number of nitrogen functional groups attached to an aromatic ring is 1. The monoisotopic (exact) mass is 277 g/mol. The van der Waals surface area contributed by atoms with Gasteiger partial charge in [-0.1, -0.05) is 11.8 Å². The average Bonchev–Trinajstić information content (AvgIpc) is 2.78. The number of anilines is 2. The summed E-state index contributed by atoms with van der Waals surface area (Å²) in [5, 5.41) is 11.0. The Morgan fingerprint density at radius 2 is 2.11 bits per heavy atom. The lowest BCUT2D eigenvalue weighted by Crippen LogP contribution is -2.22. The lowest BCUT2D eigenvalue weighted by atomic mass is 10.3. The predicted molar refractivity (Wildman–Crippen MR) is 75.8 cm³/mol. The first kappa shape index (κ1) is 13.4. The summed E-state index contributed by atoms with van der Waals surface area (Å²) in [6, 6.07) is 7.03. The smallest absolute Gasteiger partial charge is 0.237 e. The van der Waals surface area contributed by atoms with Gasteiger partial charge in [-0.15, -0.1) is 10.2 Å². The summed E-state index contributed by atoms with van der Waals surface area (Å²) in [5.74, 6) is -0.0854. The molecule has 0 saturated heterocycles. The maximum absolute atomic E-state index is 12.0. The molecule has 1 amide bonds. The number of aryl methyl sites for hydroxylation is 1. The zero-order valence-electron chi connectivity index (χ0n) is 10.7. The molecule has 1 atom stereocenters. The van der Waals surface area contributed by atoms with Gasteiger partial charge < -0.3 is 15.6 Å². The number of nitrogens with zero attached hydrogens (tertiary/aromatic N) is 3. The van der Waals surface area contributed by atoms with Crippen LogP contribution in [0.1, 0.15) is 6.92 Å². The highest BCUT2D eigenvalue weighted by Gasteiger charge is 2.17. The van der Waals surface area contributed by atoms with Gasteiger partial charge in [-0.2, -0.15) is 0 Å². The number of thioether (sulfide) groups is 1. The van der Waals surface area contributed by atoms with Crippen molar-refractivity contribution < 1.29 is 4.79 Å². The lowest BCUT2D eigenvalue weighted by molar-refractivity contribution is -0.115. The van der Waals surface area contributed by atoms with Gasteiger partial charge in [0, 0.05) is 18.4 Å². The van der Waals surface area contributed by atoms with Crippen LogP contribution in [0, 0.1) is 0 Å². The van der Waals surface area contributed by atoms with Gasteiger partial charge in [0.15, 0.2) is 5.16 Å². The van der Waals surface area contributed by atoms with Crippen molar-refractivity contribution in [2.45, 2.75) is 17.3 Å². The van der Waals surface area contributed by atoms with Gasteiger partial charge in [0.05, 0.1) is 5.25 Å². The number of aromatic nitrogens is 3. The van der Waals surface area contributed by atoms with Gasteiger partial charge in [-0.3, -0.25) is 4.79 Å². The van der Waals surface area contributed by atoms with E-state index in [1.54, 1.807) is 35.2 Å². The molecule has 2 aromatic rings. The van der Waals surface area contributed by atoms with Gasteiger partial charge in [0.2, 0.25) is 5.91 Å². The second-order valence-corrected chi connectivity index (χ2v) is 5.40. The van der Waals surface area contributed by atoms with Crippen LogP contribution in [0.5, 0.6) is 0 Å². The molecule has 0 radical (unpaired) electrons. The Bertz CT molecular complexity index is 566. The molecule has 1 aromatic heterocycles. The van der Waals surface area contributed by atoms with Crippen LogP contribution in [0.3, 0.4) is 0 Å². The Balaban J connectivity index is 1.96. The Morgan fingerprint density at radius 3 is 2.68 bits per heavy atom. The fraction of sp³-hybridized carbons (Fsp3) is 0.250. The van der Waals surface area contributed by atoms with Crippen LogP contribution in [-0.2, 0) is 11.8 Å². The highest BCUT2D eigenvalue weighted by molar-refractivity contribution is 8.00. The summed E-state index contributed by atoms with van der Waals surface area (Å²) in [5.41, 5.74) is 6.98. The number of hydrogen-bond acceptors (Lipinski definition) is 5.